The molecular weight excluding hydrogens is 553 g/mol. The van der Waals surface area contributed by atoms with E-state index in [1.807, 2.05) is 0 Å². The van der Waals surface area contributed by atoms with Gasteiger partial charge in [-0.05, 0) is 107 Å². The van der Waals surface area contributed by atoms with E-state index in [0.717, 1.165) is 0 Å². The quantitative estimate of drug-likeness (QED) is 0.0555. The maximum absolute atomic E-state index is 2.60. The highest BCUT2D eigenvalue weighted by Gasteiger charge is 2.11. The molecule has 0 saturated carbocycles. The summed E-state index contributed by atoms with van der Waals surface area (Å²) in [5, 5.41) is 5.87. The van der Waals surface area contributed by atoms with E-state index in [0.29, 0.717) is 0 Å². The zero-order valence-electron chi connectivity index (χ0n) is 31.3. The first-order valence-corrected chi connectivity index (χ1v) is 20.7. The maximum atomic E-state index is 2.60. The zero-order valence-corrected chi connectivity index (χ0v) is 31.3. The van der Waals surface area contributed by atoms with Crippen molar-refractivity contribution in [1.29, 1.82) is 0 Å². The second-order valence-corrected chi connectivity index (χ2v) is 14.9. The van der Waals surface area contributed by atoms with Gasteiger partial charge in [0, 0.05) is 0 Å². The fraction of sp³-hybridized carbons (Fsp3) is 0.696. The zero-order chi connectivity index (χ0) is 32.7. The Labute approximate surface area is 286 Å². The van der Waals surface area contributed by atoms with Crippen molar-refractivity contribution in [2.24, 2.45) is 0 Å². The molecule has 0 amide bonds. The molecule has 0 heteroatoms. The van der Waals surface area contributed by atoms with Crippen molar-refractivity contribution < 1.29 is 0 Å². The Morgan fingerprint density at radius 3 is 0.652 bits per heavy atom. The largest absolute Gasteiger partial charge is 0.0654 e. The van der Waals surface area contributed by atoms with Gasteiger partial charge >= 0.3 is 0 Å². The molecule has 0 aliphatic heterocycles. The summed E-state index contributed by atoms with van der Waals surface area (Å²) in [5.41, 5.74) is 6.57. The minimum atomic E-state index is 1.26. The molecule has 3 aromatic carbocycles. The van der Waals surface area contributed by atoms with E-state index in [1.165, 1.54) is 201 Å². The Kier molecular flexibility index (Phi) is 20.4. The van der Waals surface area contributed by atoms with E-state index >= 15 is 0 Å². The third-order valence-corrected chi connectivity index (χ3v) is 10.6. The number of hydrogen-bond acceptors (Lipinski definition) is 0. The summed E-state index contributed by atoms with van der Waals surface area (Å²) in [6.45, 7) is 9.28. The molecule has 0 radical (unpaired) electrons. The molecule has 0 aromatic heterocycles. The monoisotopic (exact) mass is 627 g/mol. The van der Waals surface area contributed by atoms with Gasteiger partial charge in [0.05, 0.1) is 0 Å². The average molecular weight is 627 g/mol. The van der Waals surface area contributed by atoms with Crippen LogP contribution in [0.15, 0.2) is 36.4 Å². The van der Waals surface area contributed by atoms with Crippen molar-refractivity contribution in [3.05, 3.63) is 58.7 Å². The van der Waals surface area contributed by atoms with E-state index in [1.54, 1.807) is 22.3 Å². The van der Waals surface area contributed by atoms with E-state index < -0.39 is 0 Å². The molecule has 3 aromatic rings. The fourth-order valence-electron chi connectivity index (χ4n) is 7.60. The molecule has 0 heterocycles. The summed E-state index contributed by atoms with van der Waals surface area (Å²) in [6, 6.07) is 15.5. The third-order valence-electron chi connectivity index (χ3n) is 10.6. The van der Waals surface area contributed by atoms with Crippen LogP contribution in [0.5, 0.6) is 0 Å². The van der Waals surface area contributed by atoms with Crippen LogP contribution in [-0.2, 0) is 25.7 Å². The number of hydrogen-bond donors (Lipinski definition) is 0. The van der Waals surface area contributed by atoms with Crippen LogP contribution in [0.1, 0.15) is 204 Å². The molecule has 0 atom stereocenters. The van der Waals surface area contributed by atoms with Gasteiger partial charge in [-0.2, -0.15) is 0 Å². The molecule has 0 unspecified atom stereocenters. The second kappa shape index (κ2) is 24.3. The Morgan fingerprint density at radius 1 is 0.239 bits per heavy atom. The van der Waals surface area contributed by atoms with Gasteiger partial charge in [-0.15, -0.1) is 0 Å². The van der Waals surface area contributed by atoms with Gasteiger partial charge in [0.1, 0.15) is 0 Å². The van der Waals surface area contributed by atoms with Gasteiger partial charge in [-0.1, -0.05) is 180 Å². The van der Waals surface area contributed by atoms with Crippen LogP contribution < -0.4 is 0 Å². The van der Waals surface area contributed by atoms with Gasteiger partial charge in [0.25, 0.3) is 0 Å². The van der Waals surface area contributed by atoms with Crippen LogP contribution in [-0.4, -0.2) is 0 Å². The van der Waals surface area contributed by atoms with Gasteiger partial charge in [-0.3, -0.25) is 0 Å². The van der Waals surface area contributed by atoms with E-state index in [-0.39, 0.29) is 0 Å². The van der Waals surface area contributed by atoms with Crippen LogP contribution in [0.2, 0.25) is 0 Å². The highest BCUT2D eigenvalue weighted by Crippen LogP contribution is 2.31. The molecule has 0 nitrogen and oxygen atoms in total. The predicted octanol–water partition coefficient (Wildman–Crippen LogP) is 15.6. The first-order chi connectivity index (χ1) is 22.7. The lowest BCUT2D eigenvalue weighted by Gasteiger charge is -2.15. The lowest BCUT2D eigenvalue weighted by atomic mass is 9.89. The van der Waals surface area contributed by atoms with Gasteiger partial charge in [0.15, 0.2) is 0 Å². The highest BCUT2D eigenvalue weighted by molar-refractivity contribution is 5.99. The Bertz CT molecular complexity index is 1010. The van der Waals surface area contributed by atoms with E-state index in [9.17, 15) is 0 Å². The molecule has 258 valence electrons. The molecule has 0 aliphatic carbocycles. The van der Waals surface area contributed by atoms with Crippen molar-refractivity contribution in [3.63, 3.8) is 0 Å². The molecule has 0 N–H and O–H groups in total. The first-order valence-electron chi connectivity index (χ1n) is 20.7. The first kappa shape index (κ1) is 38.6. The van der Waals surface area contributed by atoms with E-state index in [2.05, 4.69) is 64.1 Å². The maximum Gasteiger partial charge on any atom is -0.0175 e. The lowest BCUT2D eigenvalue weighted by molar-refractivity contribution is 0.599. The number of rotatable bonds is 28. The van der Waals surface area contributed by atoms with Gasteiger partial charge in [0.2, 0.25) is 0 Å². The summed E-state index contributed by atoms with van der Waals surface area (Å²) in [7, 11) is 0. The number of aryl methyl sites for hydroxylation is 4. The molecule has 0 fully saturated rings. The fourth-order valence-corrected chi connectivity index (χ4v) is 7.60. The molecule has 3 rings (SSSR count). The van der Waals surface area contributed by atoms with Crippen molar-refractivity contribution >= 4 is 21.5 Å². The lowest BCUT2D eigenvalue weighted by Crippen LogP contribution is -1.98. The predicted molar refractivity (Wildman–Crippen MR) is 210 cm³/mol. The SMILES string of the molecule is CCCCCCCCc1cc2cc3cc(CCCCCCCC)c(CCCCCCCC)cc3cc2cc1CCCCCCCC. The Morgan fingerprint density at radius 2 is 0.435 bits per heavy atom. The highest BCUT2D eigenvalue weighted by atomic mass is 14.2. The van der Waals surface area contributed by atoms with Gasteiger partial charge < -0.3 is 0 Å². The topological polar surface area (TPSA) is 0 Å². The van der Waals surface area contributed by atoms with Crippen LogP contribution in [0.3, 0.4) is 0 Å². The van der Waals surface area contributed by atoms with Gasteiger partial charge in [-0.25, -0.2) is 0 Å². The Balaban J connectivity index is 1.82. The summed E-state index contributed by atoms with van der Waals surface area (Å²) in [4.78, 5) is 0. The summed E-state index contributed by atoms with van der Waals surface area (Å²) >= 11 is 0. The minimum absolute atomic E-state index is 1.26. The normalized spacial score (nSPS) is 11.7. The summed E-state index contributed by atoms with van der Waals surface area (Å²) < 4.78 is 0. The number of benzene rings is 3. The Hall–Kier alpha value is -1.82. The van der Waals surface area contributed by atoms with Crippen molar-refractivity contribution in [3.8, 4) is 0 Å². The average Bonchev–Trinajstić information content (AvgIpc) is 3.06. The third kappa shape index (κ3) is 14.5. The van der Waals surface area contributed by atoms with Crippen LogP contribution in [0.25, 0.3) is 21.5 Å². The molecule has 0 saturated heterocycles. The van der Waals surface area contributed by atoms with E-state index in [4.69, 9.17) is 0 Å². The van der Waals surface area contributed by atoms with Crippen molar-refractivity contribution in [2.45, 2.75) is 207 Å². The van der Waals surface area contributed by atoms with Crippen molar-refractivity contribution in [2.75, 3.05) is 0 Å². The minimum Gasteiger partial charge on any atom is -0.0654 e. The van der Waals surface area contributed by atoms with Crippen LogP contribution >= 0.6 is 0 Å². The standard InChI is InChI=1S/C46H74/c1-5-9-13-17-21-25-29-39-33-43-37-45-35-41(31-27-23-19-15-11-7-3)42(32-28-24-20-16-12-8-4)36-46(45)38-44(43)34-40(39)30-26-22-18-14-10-6-2/h33-38H,5-32H2,1-4H3. The van der Waals surface area contributed by atoms with Crippen LogP contribution in [0, 0.1) is 0 Å². The summed E-state index contributed by atoms with van der Waals surface area (Å²) in [6.07, 6.45) is 38.1. The number of fused-ring (bicyclic) bond motifs is 2. The van der Waals surface area contributed by atoms with Crippen LogP contribution in [0.4, 0.5) is 0 Å². The van der Waals surface area contributed by atoms with Crippen molar-refractivity contribution in [1.82, 2.24) is 0 Å². The molecule has 0 aliphatic rings. The molecule has 0 spiro atoms. The smallest absolute Gasteiger partial charge is 0.0175 e. The molecular formula is C46H74. The second-order valence-electron chi connectivity index (χ2n) is 14.9. The molecule has 46 heavy (non-hydrogen) atoms. The summed E-state index contributed by atoms with van der Waals surface area (Å²) in [5.74, 6) is 0. The number of unbranched alkanes of at least 4 members (excludes halogenated alkanes) is 20. The molecule has 0 bridgehead atoms.